The van der Waals surface area contributed by atoms with Gasteiger partial charge in [-0.15, -0.1) is 0 Å². The zero-order valence-corrected chi connectivity index (χ0v) is 16.9. The Kier molecular flexibility index (Phi) is 4.69. The van der Waals surface area contributed by atoms with E-state index in [9.17, 15) is 13.2 Å². The SMILES string of the molecule is CC1(C)Cc2nc(-c3ccncc3)ncc2C(NC(=O)C2CCS(=O)(=O)C2)C1. The number of pyridine rings is 1. The second kappa shape index (κ2) is 6.92. The summed E-state index contributed by atoms with van der Waals surface area (Å²) in [5.41, 5.74) is 2.72. The van der Waals surface area contributed by atoms with Crippen LogP contribution in [0.15, 0.2) is 30.7 Å². The van der Waals surface area contributed by atoms with E-state index in [-0.39, 0.29) is 28.9 Å². The van der Waals surface area contributed by atoms with Crippen molar-refractivity contribution < 1.29 is 13.2 Å². The summed E-state index contributed by atoms with van der Waals surface area (Å²) in [5.74, 6) is 0.0319. The monoisotopic (exact) mass is 400 g/mol. The normalized spacial score (nSPS) is 25.1. The van der Waals surface area contributed by atoms with E-state index in [1.807, 2.05) is 12.1 Å². The minimum Gasteiger partial charge on any atom is -0.349 e. The van der Waals surface area contributed by atoms with Gasteiger partial charge in [0.05, 0.1) is 29.2 Å². The quantitative estimate of drug-likeness (QED) is 0.847. The summed E-state index contributed by atoms with van der Waals surface area (Å²) in [6, 6.07) is 3.53. The average Bonchev–Trinajstić information content (AvgIpc) is 3.01. The molecule has 0 spiro atoms. The Labute approximate surface area is 164 Å². The Hall–Kier alpha value is -2.35. The lowest BCUT2D eigenvalue weighted by atomic mass is 9.74. The number of hydrogen-bond donors (Lipinski definition) is 1. The molecular weight excluding hydrogens is 376 g/mol. The summed E-state index contributed by atoms with van der Waals surface area (Å²) in [6.45, 7) is 4.31. The number of rotatable bonds is 3. The number of nitrogens with one attached hydrogen (secondary N) is 1. The highest BCUT2D eigenvalue weighted by Crippen LogP contribution is 2.40. The number of nitrogens with zero attached hydrogens (tertiary/aromatic N) is 3. The molecule has 1 amide bonds. The van der Waals surface area contributed by atoms with Crippen LogP contribution in [0, 0.1) is 11.3 Å². The van der Waals surface area contributed by atoms with Crippen LogP contribution in [-0.2, 0) is 21.1 Å². The van der Waals surface area contributed by atoms with E-state index in [0.717, 1.165) is 29.7 Å². The third kappa shape index (κ3) is 3.92. The lowest BCUT2D eigenvalue weighted by molar-refractivity contribution is -0.125. The minimum absolute atomic E-state index is 0.0312. The van der Waals surface area contributed by atoms with E-state index in [1.165, 1.54) is 0 Å². The van der Waals surface area contributed by atoms with Gasteiger partial charge < -0.3 is 5.32 Å². The fourth-order valence-electron chi connectivity index (χ4n) is 4.11. The van der Waals surface area contributed by atoms with Crippen molar-refractivity contribution in [1.82, 2.24) is 20.3 Å². The lowest BCUT2D eigenvalue weighted by Gasteiger charge is -2.37. The van der Waals surface area contributed by atoms with Crippen LogP contribution in [0.5, 0.6) is 0 Å². The smallest absolute Gasteiger partial charge is 0.224 e. The number of carbonyl (C=O) groups excluding carboxylic acids is 1. The van der Waals surface area contributed by atoms with Gasteiger partial charge >= 0.3 is 0 Å². The molecule has 1 aliphatic carbocycles. The first-order valence-corrected chi connectivity index (χ1v) is 11.3. The van der Waals surface area contributed by atoms with Crippen LogP contribution in [0.3, 0.4) is 0 Å². The van der Waals surface area contributed by atoms with E-state index >= 15 is 0 Å². The largest absolute Gasteiger partial charge is 0.349 e. The van der Waals surface area contributed by atoms with Crippen LogP contribution in [0.25, 0.3) is 11.4 Å². The lowest BCUT2D eigenvalue weighted by Crippen LogP contribution is -2.40. The summed E-state index contributed by atoms with van der Waals surface area (Å²) in [5, 5.41) is 3.08. The summed E-state index contributed by atoms with van der Waals surface area (Å²) in [4.78, 5) is 26.0. The van der Waals surface area contributed by atoms with Crippen LogP contribution >= 0.6 is 0 Å². The highest BCUT2D eigenvalue weighted by molar-refractivity contribution is 7.91. The molecule has 7 nitrogen and oxygen atoms in total. The molecule has 0 bridgehead atoms. The summed E-state index contributed by atoms with van der Waals surface area (Å²) < 4.78 is 23.4. The van der Waals surface area contributed by atoms with Crippen molar-refractivity contribution in [3.8, 4) is 11.4 Å². The maximum atomic E-state index is 12.7. The third-order valence-corrected chi connectivity index (χ3v) is 7.30. The van der Waals surface area contributed by atoms with Crippen molar-refractivity contribution in [3.05, 3.63) is 42.0 Å². The molecule has 1 N–H and O–H groups in total. The molecule has 1 saturated heterocycles. The van der Waals surface area contributed by atoms with Gasteiger partial charge in [0.15, 0.2) is 15.7 Å². The average molecular weight is 401 g/mol. The molecule has 2 atom stereocenters. The topological polar surface area (TPSA) is 102 Å². The predicted octanol–water partition coefficient (Wildman–Crippen LogP) is 2.10. The van der Waals surface area contributed by atoms with Crippen molar-refractivity contribution in [3.63, 3.8) is 0 Å². The fraction of sp³-hybridized carbons (Fsp3) is 0.500. The number of fused-ring (bicyclic) bond motifs is 1. The molecule has 4 rings (SSSR count). The maximum Gasteiger partial charge on any atom is 0.224 e. The molecule has 2 aromatic rings. The molecule has 2 aliphatic rings. The first-order chi connectivity index (χ1) is 13.2. The zero-order valence-electron chi connectivity index (χ0n) is 16.1. The van der Waals surface area contributed by atoms with Crippen LogP contribution < -0.4 is 5.32 Å². The van der Waals surface area contributed by atoms with Crippen molar-refractivity contribution in [2.45, 2.75) is 39.2 Å². The molecule has 1 aliphatic heterocycles. The van der Waals surface area contributed by atoms with E-state index in [2.05, 4.69) is 29.1 Å². The van der Waals surface area contributed by atoms with Crippen molar-refractivity contribution in [2.75, 3.05) is 11.5 Å². The van der Waals surface area contributed by atoms with Gasteiger partial charge in [-0.2, -0.15) is 0 Å². The van der Waals surface area contributed by atoms with Crippen LogP contribution in [-0.4, -0.2) is 40.8 Å². The number of sulfone groups is 1. The van der Waals surface area contributed by atoms with E-state index in [0.29, 0.717) is 12.2 Å². The maximum absolute atomic E-state index is 12.7. The first kappa shape index (κ1) is 19.0. The van der Waals surface area contributed by atoms with Gasteiger partial charge in [-0.25, -0.2) is 18.4 Å². The minimum atomic E-state index is -3.09. The van der Waals surface area contributed by atoms with Crippen LogP contribution in [0.4, 0.5) is 0 Å². The molecule has 2 unspecified atom stereocenters. The molecule has 2 aromatic heterocycles. The summed E-state index contributed by atoms with van der Waals surface area (Å²) in [6.07, 6.45) is 7.18. The first-order valence-electron chi connectivity index (χ1n) is 9.49. The van der Waals surface area contributed by atoms with E-state index in [1.54, 1.807) is 18.6 Å². The van der Waals surface area contributed by atoms with Crippen molar-refractivity contribution >= 4 is 15.7 Å². The number of amides is 1. The molecule has 3 heterocycles. The number of hydrogen-bond acceptors (Lipinski definition) is 6. The number of carbonyl (C=O) groups is 1. The molecule has 1 fully saturated rings. The van der Waals surface area contributed by atoms with Gasteiger partial charge in [0.2, 0.25) is 5.91 Å². The van der Waals surface area contributed by atoms with Crippen molar-refractivity contribution in [1.29, 1.82) is 0 Å². The molecular formula is C20H24N4O3S. The molecule has 28 heavy (non-hydrogen) atoms. The third-order valence-electron chi connectivity index (χ3n) is 5.54. The van der Waals surface area contributed by atoms with Gasteiger partial charge in [0.1, 0.15) is 0 Å². The van der Waals surface area contributed by atoms with E-state index in [4.69, 9.17) is 4.98 Å². The summed E-state index contributed by atoms with van der Waals surface area (Å²) >= 11 is 0. The van der Waals surface area contributed by atoms with Gasteiger partial charge in [-0.05, 0) is 36.8 Å². The Morgan fingerprint density at radius 1 is 1.25 bits per heavy atom. The van der Waals surface area contributed by atoms with Gasteiger partial charge in [-0.1, -0.05) is 13.8 Å². The van der Waals surface area contributed by atoms with Crippen molar-refractivity contribution in [2.24, 2.45) is 11.3 Å². The fourth-order valence-corrected chi connectivity index (χ4v) is 5.85. The van der Waals surface area contributed by atoms with E-state index < -0.39 is 15.8 Å². The highest BCUT2D eigenvalue weighted by Gasteiger charge is 2.38. The Balaban J connectivity index is 1.61. The van der Waals surface area contributed by atoms with Crippen LogP contribution in [0.1, 0.15) is 44.0 Å². The second-order valence-corrected chi connectivity index (χ2v) is 10.8. The van der Waals surface area contributed by atoms with Crippen LogP contribution in [0.2, 0.25) is 0 Å². The zero-order chi connectivity index (χ0) is 19.9. The summed E-state index contributed by atoms with van der Waals surface area (Å²) in [7, 11) is -3.09. The molecule has 0 aromatic carbocycles. The van der Waals surface area contributed by atoms with Gasteiger partial charge in [0.25, 0.3) is 0 Å². The number of aromatic nitrogens is 3. The Morgan fingerprint density at radius 3 is 2.68 bits per heavy atom. The molecule has 8 heteroatoms. The van der Waals surface area contributed by atoms with Gasteiger partial charge in [-0.3, -0.25) is 9.78 Å². The highest BCUT2D eigenvalue weighted by atomic mass is 32.2. The molecule has 0 saturated carbocycles. The Morgan fingerprint density at radius 2 is 2.00 bits per heavy atom. The standard InChI is InChI=1S/C20H24N4O3S/c1-20(2)9-16-15(11-22-18(23-16)13-3-6-21-7-4-13)17(10-20)24-19(25)14-5-8-28(26,27)12-14/h3-4,6-7,11,14,17H,5,8-10,12H2,1-2H3,(H,24,25). The molecule has 148 valence electrons. The second-order valence-electron chi connectivity index (χ2n) is 8.54. The molecule has 0 radical (unpaired) electrons. The Bertz CT molecular complexity index is 1010. The van der Waals surface area contributed by atoms with Gasteiger partial charge in [0, 0.05) is 29.7 Å². The predicted molar refractivity (Wildman–Crippen MR) is 105 cm³/mol.